The molecule has 0 rings (SSSR count). The molecular formula is C6H10BrPS. The van der Waals surface area contributed by atoms with E-state index in [9.17, 15) is 0 Å². The first-order valence-electron chi connectivity index (χ1n) is 2.81. The molecule has 0 saturated carbocycles. The minimum Gasteiger partial charge on any atom is -0.0907 e. The molecule has 0 spiro atoms. The maximum Gasteiger partial charge on any atom is 0.0415 e. The zero-order chi connectivity index (χ0) is 7.28. The highest BCUT2D eigenvalue weighted by Gasteiger charge is 2.06. The lowest BCUT2D eigenvalue weighted by Crippen LogP contribution is -2.05. The predicted molar refractivity (Wildman–Crippen MR) is 51.3 cm³/mol. The average Bonchev–Trinajstić information content (AvgIpc) is 1.82. The van der Waals surface area contributed by atoms with Crippen LogP contribution in [0, 0.1) is 0 Å². The fraction of sp³-hybridized carbons (Fsp3) is 0.667. The number of allylic oxidation sites excluding steroid dienone is 2. The second-order valence-corrected chi connectivity index (χ2v) is 4.68. The second-order valence-electron chi connectivity index (χ2n) is 1.80. The van der Waals surface area contributed by atoms with Crippen LogP contribution < -0.4 is 0 Å². The minimum atomic E-state index is 0.491. The Morgan fingerprint density at radius 1 is 1.67 bits per heavy atom. The van der Waals surface area contributed by atoms with Gasteiger partial charge in [0.2, 0.25) is 0 Å². The summed E-state index contributed by atoms with van der Waals surface area (Å²) in [5.74, 6) is 0. The lowest BCUT2D eigenvalue weighted by molar-refractivity contribution is 1.02. The molecule has 0 N–H and O–H groups in total. The average molecular weight is 225 g/mol. The summed E-state index contributed by atoms with van der Waals surface area (Å²) in [6.07, 6.45) is 4.18. The van der Waals surface area contributed by atoms with Crippen molar-refractivity contribution in [3.63, 3.8) is 0 Å². The van der Waals surface area contributed by atoms with Crippen molar-refractivity contribution in [2.24, 2.45) is 0 Å². The van der Waals surface area contributed by atoms with Gasteiger partial charge < -0.3 is 0 Å². The van der Waals surface area contributed by atoms with Gasteiger partial charge in [0, 0.05) is 10.5 Å². The Morgan fingerprint density at radius 2 is 2.22 bits per heavy atom. The number of halogens is 1. The Morgan fingerprint density at radius 3 is 2.33 bits per heavy atom. The van der Waals surface area contributed by atoms with Gasteiger partial charge in [0.15, 0.2) is 0 Å². The van der Waals surface area contributed by atoms with E-state index in [1.807, 2.05) is 13.0 Å². The molecule has 0 aromatic heterocycles. The van der Waals surface area contributed by atoms with Gasteiger partial charge in [0.05, 0.1) is 0 Å². The smallest absolute Gasteiger partial charge is 0.0415 e. The van der Waals surface area contributed by atoms with E-state index in [1.165, 1.54) is 0 Å². The molecule has 3 heteroatoms. The Bertz CT molecular complexity index is 112. The van der Waals surface area contributed by atoms with Crippen LogP contribution in [-0.4, -0.2) is 10.5 Å². The van der Waals surface area contributed by atoms with Gasteiger partial charge in [-0.25, -0.2) is 0 Å². The number of hydrogen-bond acceptors (Lipinski definition) is 1. The van der Waals surface area contributed by atoms with E-state index in [0.717, 1.165) is 7.36 Å². The van der Waals surface area contributed by atoms with Crippen LogP contribution in [0.2, 0.25) is 0 Å². The molecule has 0 saturated heterocycles. The van der Waals surface area contributed by atoms with Crippen molar-refractivity contribution in [2.45, 2.75) is 24.3 Å². The number of hydrogen-bond donors (Lipinski definition) is 0. The van der Waals surface area contributed by atoms with E-state index >= 15 is 0 Å². The van der Waals surface area contributed by atoms with Crippen LogP contribution in [0.4, 0.5) is 0 Å². The molecule has 52 valence electrons. The van der Waals surface area contributed by atoms with Crippen molar-refractivity contribution in [1.82, 2.24) is 0 Å². The van der Waals surface area contributed by atoms with Crippen molar-refractivity contribution >= 4 is 35.1 Å². The molecule has 0 radical (unpaired) electrons. The van der Waals surface area contributed by atoms with E-state index in [0.29, 0.717) is 10.5 Å². The largest absolute Gasteiger partial charge is 0.0907 e. The molecule has 0 aliphatic rings. The Balaban J connectivity index is 3.82. The van der Waals surface area contributed by atoms with E-state index in [1.54, 1.807) is 0 Å². The Hall–Kier alpha value is 0.740. The Kier molecular flexibility index (Phi) is 5.97. The molecule has 2 unspecified atom stereocenters. The lowest BCUT2D eigenvalue weighted by atomic mass is 10.3. The van der Waals surface area contributed by atoms with E-state index < -0.39 is 0 Å². The van der Waals surface area contributed by atoms with Gasteiger partial charge in [0.25, 0.3) is 0 Å². The molecule has 9 heavy (non-hydrogen) atoms. The molecule has 0 aliphatic heterocycles. The molecule has 0 nitrogen and oxygen atoms in total. The quantitative estimate of drug-likeness (QED) is 0.404. The normalized spacial score (nSPS) is 18.6. The highest BCUT2D eigenvalue weighted by molar-refractivity contribution is 9.09. The fourth-order valence-electron chi connectivity index (χ4n) is 0.469. The molecule has 0 aromatic carbocycles. The van der Waals surface area contributed by atoms with Crippen molar-refractivity contribution in [3.8, 4) is 0 Å². The summed E-state index contributed by atoms with van der Waals surface area (Å²) in [7, 11) is 1.02. The van der Waals surface area contributed by atoms with E-state index in [-0.39, 0.29) is 0 Å². The van der Waals surface area contributed by atoms with Crippen LogP contribution in [-0.2, 0) is 11.8 Å². The Labute approximate surface area is 71.7 Å². The number of rotatable bonds is 3. The first kappa shape index (κ1) is 9.74. The van der Waals surface area contributed by atoms with Crippen LogP contribution >= 0.6 is 23.3 Å². The third kappa shape index (κ3) is 4.19. The molecule has 2 atom stereocenters. The third-order valence-corrected chi connectivity index (χ3v) is 3.55. The monoisotopic (exact) mass is 224 g/mol. The summed E-state index contributed by atoms with van der Waals surface area (Å²) in [4.78, 5) is 0.493. The van der Waals surface area contributed by atoms with Gasteiger partial charge >= 0.3 is 0 Å². The maximum absolute atomic E-state index is 4.91. The lowest BCUT2D eigenvalue weighted by Gasteiger charge is -2.06. The van der Waals surface area contributed by atoms with Crippen molar-refractivity contribution in [3.05, 3.63) is 12.2 Å². The van der Waals surface area contributed by atoms with Gasteiger partial charge in [-0.05, 0) is 14.3 Å². The van der Waals surface area contributed by atoms with Gasteiger partial charge in [-0.2, -0.15) is 0 Å². The van der Waals surface area contributed by atoms with Crippen molar-refractivity contribution in [2.75, 3.05) is 0 Å². The maximum atomic E-state index is 4.91. The van der Waals surface area contributed by atoms with Gasteiger partial charge in [-0.3, -0.25) is 0 Å². The first-order valence-corrected chi connectivity index (χ1v) is 5.71. The summed E-state index contributed by atoms with van der Waals surface area (Å²) >= 11 is 8.38. The SMILES string of the molecule is C/C=C/C(P=S)C(C)Br. The van der Waals surface area contributed by atoms with Gasteiger partial charge in [-0.1, -0.05) is 46.8 Å². The molecule has 0 heterocycles. The second kappa shape index (κ2) is 5.52. The van der Waals surface area contributed by atoms with Gasteiger partial charge in [0.1, 0.15) is 0 Å². The van der Waals surface area contributed by atoms with Crippen molar-refractivity contribution < 1.29 is 0 Å². The minimum absolute atomic E-state index is 0.491. The number of alkyl halides is 1. The van der Waals surface area contributed by atoms with E-state index in [2.05, 4.69) is 28.9 Å². The summed E-state index contributed by atoms with van der Waals surface area (Å²) in [6.45, 7) is 4.13. The highest BCUT2D eigenvalue weighted by Crippen LogP contribution is 2.18. The van der Waals surface area contributed by atoms with Crippen LogP contribution in [0.15, 0.2) is 12.2 Å². The van der Waals surface area contributed by atoms with Crippen LogP contribution in [0.3, 0.4) is 0 Å². The first-order chi connectivity index (χ1) is 4.22. The molecule has 0 aliphatic carbocycles. The van der Waals surface area contributed by atoms with Crippen LogP contribution in [0.25, 0.3) is 0 Å². The summed E-state index contributed by atoms with van der Waals surface area (Å²) in [6, 6.07) is 0. The standard InChI is InChI=1S/C6H10BrPS/c1-3-4-6(8-9)5(2)7/h3-6H,1-2H3/b4-3+. The summed E-state index contributed by atoms with van der Waals surface area (Å²) < 4.78 is 0. The van der Waals surface area contributed by atoms with Crippen LogP contribution in [0.1, 0.15) is 13.8 Å². The summed E-state index contributed by atoms with van der Waals surface area (Å²) in [5, 5.41) is 0. The topological polar surface area (TPSA) is 0 Å². The molecular weight excluding hydrogens is 215 g/mol. The molecule has 0 fully saturated rings. The van der Waals surface area contributed by atoms with Gasteiger partial charge in [-0.15, -0.1) is 0 Å². The summed E-state index contributed by atoms with van der Waals surface area (Å²) in [5.41, 5.74) is 0.491. The predicted octanol–water partition coefficient (Wildman–Crippen LogP) is 3.12. The fourth-order valence-corrected chi connectivity index (χ4v) is 2.64. The zero-order valence-corrected chi connectivity index (χ0v) is 8.84. The third-order valence-electron chi connectivity index (χ3n) is 0.982. The van der Waals surface area contributed by atoms with Crippen molar-refractivity contribution in [1.29, 1.82) is 0 Å². The van der Waals surface area contributed by atoms with Crippen LogP contribution in [0.5, 0.6) is 0 Å². The molecule has 0 aromatic rings. The zero-order valence-electron chi connectivity index (χ0n) is 5.54. The molecule has 0 amide bonds. The molecule has 0 bridgehead atoms. The highest BCUT2D eigenvalue weighted by atomic mass is 79.9. The van der Waals surface area contributed by atoms with E-state index in [4.69, 9.17) is 11.8 Å².